The van der Waals surface area contributed by atoms with E-state index in [2.05, 4.69) is 48.7 Å². The van der Waals surface area contributed by atoms with E-state index in [0.29, 0.717) is 24.8 Å². The molecule has 210 valence electrons. The number of aliphatic hydroxyl groups is 1. The van der Waals surface area contributed by atoms with Crippen LogP contribution in [0.15, 0.2) is 47.3 Å². The lowest BCUT2D eigenvalue weighted by Crippen LogP contribution is -2.30. The molecule has 1 aliphatic rings. The molecule has 5 rings (SSSR count). The maximum atomic E-state index is 13.3. The third-order valence-corrected chi connectivity index (χ3v) is 7.04. The van der Waals surface area contributed by atoms with Gasteiger partial charge in [-0.2, -0.15) is 5.10 Å². The van der Waals surface area contributed by atoms with Crippen LogP contribution >= 0.6 is 0 Å². The number of carbonyl (C=O) groups excluding carboxylic acids is 1. The number of aromatic nitrogens is 6. The fourth-order valence-corrected chi connectivity index (χ4v) is 4.98. The van der Waals surface area contributed by atoms with Crippen LogP contribution in [0.2, 0.25) is 0 Å². The van der Waals surface area contributed by atoms with E-state index >= 15 is 0 Å². The number of nitrogens with one attached hydrogen (secondary N) is 1. The van der Waals surface area contributed by atoms with Gasteiger partial charge in [-0.1, -0.05) is 32.9 Å². The van der Waals surface area contributed by atoms with Crippen LogP contribution in [-0.2, 0) is 18.9 Å². The molecule has 0 spiro atoms. The minimum atomic E-state index is -0.327. The lowest BCUT2D eigenvalue weighted by molar-refractivity contribution is 0.0928. The fraction of sp³-hybridized carbons (Fsp3) is 0.448. The van der Waals surface area contributed by atoms with Crippen LogP contribution in [0.5, 0.6) is 0 Å². The molecule has 40 heavy (non-hydrogen) atoms. The summed E-state index contributed by atoms with van der Waals surface area (Å²) >= 11 is 0. The van der Waals surface area contributed by atoms with Gasteiger partial charge < -0.3 is 19.7 Å². The Balaban J connectivity index is 1.41. The molecule has 0 amide bonds. The highest BCUT2D eigenvalue weighted by Gasteiger charge is 2.29. The van der Waals surface area contributed by atoms with E-state index in [4.69, 9.17) is 9.40 Å². The molecule has 0 saturated carbocycles. The predicted molar refractivity (Wildman–Crippen MR) is 150 cm³/mol. The number of hydrogen-bond donors (Lipinski definition) is 2. The number of ketones is 1. The topological polar surface area (TPSA) is 135 Å². The van der Waals surface area contributed by atoms with Crippen molar-refractivity contribution in [3.63, 3.8) is 0 Å². The van der Waals surface area contributed by atoms with Crippen molar-refractivity contribution >= 4 is 17.4 Å². The van der Waals surface area contributed by atoms with Crippen molar-refractivity contribution in [1.29, 1.82) is 0 Å². The van der Waals surface area contributed by atoms with Crippen molar-refractivity contribution in [3.05, 3.63) is 65.8 Å². The number of aliphatic hydroxyl groups excluding tert-OH is 1. The van der Waals surface area contributed by atoms with E-state index in [1.165, 1.54) is 5.56 Å². The highest BCUT2D eigenvalue weighted by molar-refractivity contribution is 5.92. The van der Waals surface area contributed by atoms with Crippen LogP contribution in [-0.4, -0.2) is 72.0 Å². The second kappa shape index (κ2) is 11.6. The minimum absolute atomic E-state index is 0.0454. The normalized spacial score (nSPS) is 16.0. The Morgan fingerprint density at radius 3 is 2.80 bits per heavy atom. The number of rotatable bonds is 9. The van der Waals surface area contributed by atoms with Gasteiger partial charge in [0.1, 0.15) is 0 Å². The Morgan fingerprint density at radius 1 is 1.23 bits per heavy atom. The number of anilines is 2. The summed E-state index contributed by atoms with van der Waals surface area (Å²) in [6.07, 6.45) is 7.11. The highest BCUT2D eigenvalue weighted by Crippen LogP contribution is 2.33. The van der Waals surface area contributed by atoms with Crippen LogP contribution in [0.1, 0.15) is 67.2 Å². The molecule has 3 aromatic heterocycles. The van der Waals surface area contributed by atoms with E-state index < -0.39 is 0 Å². The number of Topliss-reactive ketones (excluding diaryl/α,β-unsaturated/α-hetero) is 1. The summed E-state index contributed by atoms with van der Waals surface area (Å²) in [5.74, 6) is 0.801. The Kier molecular flexibility index (Phi) is 8.04. The molecular formula is C29H36N8O3. The number of benzene rings is 1. The summed E-state index contributed by atoms with van der Waals surface area (Å²) < 4.78 is 7.46. The second-order valence-electron chi connectivity index (χ2n) is 11.3. The van der Waals surface area contributed by atoms with Gasteiger partial charge in [0.2, 0.25) is 17.6 Å². The molecule has 1 atom stereocenters. The van der Waals surface area contributed by atoms with E-state index in [1.807, 2.05) is 40.1 Å². The zero-order chi connectivity index (χ0) is 28.3. The molecule has 0 radical (unpaired) electrons. The summed E-state index contributed by atoms with van der Waals surface area (Å²) in [7, 11) is 1.86. The Bertz CT molecular complexity index is 1470. The average Bonchev–Trinajstić information content (AvgIpc) is 3.55. The molecular weight excluding hydrogens is 508 g/mol. The Morgan fingerprint density at radius 2 is 2.08 bits per heavy atom. The first-order valence-electron chi connectivity index (χ1n) is 13.6. The van der Waals surface area contributed by atoms with Crippen molar-refractivity contribution in [2.24, 2.45) is 7.05 Å². The molecule has 1 unspecified atom stereocenters. The Labute approximate surface area is 233 Å². The zero-order valence-electron chi connectivity index (χ0n) is 23.5. The number of hydrogen-bond acceptors (Lipinski definition) is 10. The van der Waals surface area contributed by atoms with Gasteiger partial charge in [-0.3, -0.25) is 9.48 Å². The molecule has 0 saturated heterocycles. The van der Waals surface area contributed by atoms with Gasteiger partial charge in [0.15, 0.2) is 0 Å². The molecule has 11 nitrogen and oxygen atoms in total. The molecule has 0 bridgehead atoms. The van der Waals surface area contributed by atoms with Crippen LogP contribution in [0.4, 0.5) is 11.6 Å². The number of aryl methyl sites for hydroxylation is 1. The van der Waals surface area contributed by atoms with E-state index in [1.54, 1.807) is 17.1 Å². The van der Waals surface area contributed by atoms with Crippen molar-refractivity contribution in [2.45, 2.75) is 51.4 Å². The lowest BCUT2D eigenvalue weighted by Gasteiger charge is -2.24. The van der Waals surface area contributed by atoms with E-state index in [0.717, 1.165) is 42.0 Å². The van der Waals surface area contributed by atoms with Gasteiger partial charge in [0.05, 0.1) is 17.6 Å². The van der Waals surface area contributed by atoms with Crippen molar-refractivity contribution in [2.75, 3.05) is 31.6 Å². The number of fused-ring (bicyclic) bond motifs is 1. The van der Waals surface area contributed by atoms with Gasteiger partial charge in [-0.25, -0.2) is 9.97 Å². The fourth-order valence-electron chi connectivity index (χ4n) is 4.98. The second-order valence-corrected chi connectivity index (χ2v) is 11.3. The first-order chi connectivity index (χ1) is 19.2. The molecule has 0 aliphatic carbocycles. The van der Waals surface area contributed by atoms with Crippen LogP contribution < -0.4 is 5.32 Å². The average molecular weight is 545 g/mol. The Hall–Kier alpha value is -3.96. The predicted octanol–water partition coefficient (Wildman–Crippen LogP) is 3.90. The van der Waals surface area contributed by atoms with Gasteiger partial charge in [-0.05, 0) is 36.1 Å². The van der Waals surface area contributed by atoms with Crippen molar-refractivity contribution in [1.82, 2.24) is 34.8 Å². The standard InChI is InChI=1S/C29H36N8O3/c1-29(2,3)27-35-34-26(40-27)25(39)15-21-17-37(11-5-13-38)12-9-19-14-20(6-7-23(19)21)24-8-10-30-28(33-24)32-22-16-31-36(4)18-22/h6-8,10,14,16,18,21,38H,5,9,11-13,15,17H2,1-4H3,(H,30,32,33). The third-order valence-electron chi connectivity index (χ3n) is 7.04. The SMILES string of the molecule is Cn1cc(Nc2nccc(-c3ccc4c(c3)CCN(CCCO)CC4CC(=O)c3nnc(C(C)(C)C)o3)n2)cn1. The summed E-state index contributed by atoms with van der Waals surface area (Å²) in [4.78, 5) is 24.7. The van der Waals surface area contributed by atoms with Gasteiger partial charge >= 0.3 is 0 Å². The number of carbonyl (C=O) groups is 1. The first kappa shape index (κ1) is 27.6. The summed E-state index contributed by atoms with van der Waals surface area (Å²) in [5, 5.41) is 24.9. The smallest absolute Gasteiger partial charge is 0.284 e. The number of nitrogens with zero attached hydrogens (tertiary/aromatic N) is 7. The molecule has 4 heterocycles. The monoisotopic (exact) mass is 544 g/mol. The lowest BCUT2D eigenvalue weighted by atomic mass is 9.88. The summed E-state index contributed by atoms with van der Waals surface area (Å²) in [5.41, 5.74) is 4.60. The quantitative estimate of drug-likeness (QED) is 0.299. The maximum absolute atomic E-state index is 13.3. The first-order valence-corrected chi connectivity index (χ1v) is 13.6. The van der Waals surface area contributed by atoms with Gasteiger partial charge in [-0.15, -0.1) is 10.2 Å². The molecule has 0 fully saturated rings. The van der Waals surface area contributed by atoms with Crippen molar-refractivity contribution in [3.8, 4) is 11.3 Å². The van der Waals surface area contributed by atoms with Gasteiger partial charge in [0, 0.05) is 69.0 Å². The zero-order valence-corrected chi connectivity index (χ0v) is 23.5. The van der Waals surface area contributed by atoms with Crippen LogP contribution in [0.25, 0.3) is 11.3 Å². The largest absolute Gasteiger partial charge is 0.418 e. The molecule has 11 heteroatoms. The molecule has 1 aliphatic heterocycles. The van der Waals surface area contributed by atoms with E-state index in [9.17, 15) is 9.90 Å². The summed E-state index contributed by atoms with van der Waals surface area (Å²) in [6, 6.07) is 8.23. The van der Waals surface area contributed by atoms with E-state index in [-0.39, 0.29) is 36.0 Å². The van der Waals surface area contributed by atoms with Gasteiger partial charge in [0.25, 0.3) is 5.89 Å². The molecule has 2 N–H and O–H groups in total. The minimum Gasteiger partial charge on any atom is -0.418 e. The summed E-state index contributed by atoms with van der Waals surface area (Å²) in [6.45, 7) is 8.38. The molecule has 4 aromatic rings. The highest BCUT2D eigenvalue weighted by atomic mass is 16.4. The van der Waals surface area contributed by atoms with Crippen molar-refractivity contribution < 1.29 is 14.3 Å². The maximum Gasteiger partial charge on any atom is 0.284 e. The van der Waals surface area contributed by atoms with Crippen LogP contribution in [0.3, 0.4) is 0 Å². The van der Waals surface area contributed by atoms with Crippen LogP contribution in [0, 0.1) is 0 Å². The molecule has 1 aromatic carbocycles. The third kappa shape index (κ3) is 6.43.